The van der Waals surface area contributed by atoms with E-state index in [-0.39, 0.29) is 4.65 Å². The maximum Gasteiger partial charge on any atom is 0.270 e. The van der Waals surface area contributed by atoms with E-state index in [2.05, 4.69) is 23.7 Å². The maximum absolute atomic E-state index is 5.39. The van der Waals surface area contributed by atoms with Gasteiger partial charge in [-0.25, -0.2) is 0 Å². The van der Waals surface area contributed by atoms with Crippen LogP contribution in [0.5, 0.6) is 0 Å². The molecule has 3 unspecified atom stereocenters. The van der Waals surface area contributed by atoms with Gasteiger partial charge in [-0.15, -0.1) is 0 Å². The maximum atomic E-state index is 5.39. The predicted molar refractivity (Wildman–Crippen MR) is 64.8 cm³/mol. The van der Waals surface area contributed by atoms with Crippen LogP contribution < -0.4 is 5.32 Å². The Morgan fingerprint density at radius 1 is 1.33 bits per heavy atom. The lowest BCUT2D eigenvalue weighted by Crippen LogP contribution is -2.35. The molecule has 1 aliphatic carbocycles. The largest absolute Gasteiger partial charge is 0.316 e. The summed E-state index contributed by atoms with van der Waals surface area (Å²) in [5.74, 6) is 2.32. The number of fused-ring (bicyclic) bond motifs is 5. The Hall–Kier alpha value is -1.14. The van der Waals surface area contributed by atoms with Gasteiger partial charge < -0.3 is 5.32 Å². The zero-order chi connectivity index (χ0) is 12.3. The van der Waals surface area contributed by atoms with E-state index < -0.39 is 0 Å². The Morgan fingerprint density at radius 2 is 2.11 bits per heavy atom. The van der Waals surface area contributed by atoms with Crippen molar-refractivity contribution in [3.05, 3.63) is 35.3 Å². The Bertz CT molecular complexity index is 496. The molecule has 0 saturated carbocycles. The van der Waals surface area contributed by atoms with Crippen LogP contribution in [-0.2, 0) is 9.98 Å². The van der Waals surface area contributed by atoms with Gasteiger partial charge in [0.2, 0.25) is 0 Å². The first-order valence-corrected chi connectivity index (χ1v) is 6.50. The summed E-state index contributed by atoms with van der Waals surface area (Å²) in [6, 6.07) is 0. The highest BCUT2D eigenvalue weighted by Gasteiger charge is 2.45. The minimum atomic E-state index is 0.260. The van der Waals surface area contributed by atoms with Crippen molar-refractivity contribution >= 4 is 0 Å². The Labute approximate surface area is 106 Å². The number of hydrogen-bond acceptors (Lipinski definition) is 4. The molecule has 1 N–H and O–H groups in total. The molecule has 0 radical (unpaired) electrons. The van der Waals surface area contributed by atoms with E-state index >= 15 is 0 Å². The van der Waals surface area contributed by atoms with Gasteiger partial charge in [0.15, 0.2) is 0 Å². The average molecular weight is 248 g/mol. The summed E-state index contributed by atoms with van der Waals surface area (Å²) in [7, 11) is 3.87. The molecule has 2 bridgehead atoms. The molecule has 4 rings (SSSR count). The van der Waals surface area contributed by atoms with Crippen molar-refractivity contribution in [3.63, 3.8) is 0 Å². The molecule has 0 spiro atoms. The zero-order valence-corrected chi connectivity index (χ0v) is 10.7. The molecule has 18 heavy (non-hydrogen) atoms. The van der Waals surface area contributed by atoms with E-state index in [9.17, 15) is 0 Å². The van der Waals surface area contributed by atoms with E-state index in [1.54, 1.807) is 5.06 Å². The van der Waals surface area contributed by atoms with Crippen LogP contribution >= 0.6 is 0 Å². The lowest BCUT2D eigenvalue weighted by Gasteiger charge is -2.23. The van der Waals surface area contributed by atoms with Gasteiger partial charge in [-0.3, -0.25) is 0 Å². The quantitative estimate of drug-likeness (QED) is 0.513. The lowest BCUT2D eigenvalue weighted by atomic mass is 9.95. The number of hydrogen-bond donors (Lipinski definition) is 1. The molecule has 0 amide bonds. The van der Waals surface area contributed by atoms with Crippen LogP contribution in [0.4, 0.5) is 0 Å². The van der Waals surface area contributed by atoms with Crippen LogP contribution in [0.1, 0.15) is 6.42 Å². The molecule has 0 aromatic rings. The van der Waals surface area contributed by atoms with Gasteiger partial charge in [0.05, 0.1) is 0 Å². The number of nitrogens with zero attached hydrogens (tertiary/aromatic N) is 2. The van der Waals surface area contributed by atoms with Crippen molar-refractivity contribution in [1.29, 1.82) is 0 Å². The second-order valence-corrected chi connectivity index (χ2v) is 5.65. The Kier molecular flexibility index (Phi) is 2.06. The molecule has 96 valence electrons. The van der Waals surface area contributed by atoms with E-state index in [0.717, 1.165) is 18.9 Å². The van der Waals surface area contributed by atoms with Gasteiger partial charge in [0.25, 0.3) is 5.82 Å². The minimum absolute atomic E-state index is 0.260. The fourth-order valence-corrected chi connectivity index (χ4v) is 3.48. The molecule has 2 fully saturated rings. The van der Waals surface area contributed by atoms with Crippen LogP contribution in [0.3, 0.4) is 0 Å². The summed E-state index contributed by atoms with van der Waals surface area (Å²) >= 11 is 0. The zero-order valence-electron chi connectivity index (χ0n) is 10.7. The van der Waals surface area contributed by atoms with E-state index in [1.807, 2.05) is 14.1 Å². The van der Waals surface area contributed by atoms with Gasteiger partial charge in [0.1, 0.15) is 13.2 Å². The normalized spacial score (nSPS) is 41.7. The predicted octanol–water partition coefficient (Wildman–Crippen LogP) is 1.06. The lowest BCUT2D eigenvalue weighted by molar-refractivity contribution is -1.05. The van der Waals surface area contributed by atoms with Crippen LogP contribution in [-0.4, -0.2) is 36.9 Å². The molecular formula is C13H18N3O2+. The first kappa shape index (κ1) is 10.8. The molecule has 5 heteroatoms. The molecule has 3 heterocycles. The number of nitrogens with one attached hydrogen (secondary N) is 1. The summed E-state index contributed by atoms with van der Waals surface area (Å²) < 4.78 is 0.260. The molecule has 3 aliphatic heterocycles. The molecule has 3 atom stereocenters. The molecular weight excluding hydrogens is 230 g/mol. The second-order valence-electron chi connectivity index (χ2n) is 5.65. The van der Waals surface area contributed by atoms with Crippen molar-refractivity contribution < 1.29 is 14.6 Å². The minimum Gasteiger partial charge on any atom is -0.316 e. The third kappa shape index (κ3) is 1.30. The van der Waals surface area contributed by atoms with Crippen LogP contribution in [0.15, 0.2) is 35.3 Å². The van der Waals surface area contributed by atoms with E-state index in [1.165, 1.54) is 17.6 Å². The summed E-state index contributed by atoms with van der Waals surface area (Å²) in [5, 5.41) is 5.22. The molecule has 5 nitrogen and oxygen atoms in total. The van der Waals surface area contributed by atoms with E-state index in [0.29, 0.717) is 11.8 Å². The van der Waals surface area contributed by atoms with Crippen molar-refractivity contribution in [2.45, 2.75) is 6.42 Å². The fraction of sp³-hybridized carbons (Fsp3) is 0.538. The van der Waals surface area contributed by atoms with Gasteiger partial charge in [-0.2, -0.15) is 5.06 Å². The second kappa shape index (κ2) is 3.45. The van der Waals surface area contributed by atoms with Crippen molar-refractivity contribution in [2.75, 3.05) is 27.2 Å². The first-order chi connectivity index (χ1) is 8.67. The monoisotopic (exact) mass is 248 g/mol. The van der Waals surface area contributed by atoms with Crippen molar-refractivity contribution in [3.8, 4) is 0 Å². The average Bonchev–Trinajstić information content (AvgIpc) is 2.71. The number of rotatable bonds is 0. The number of allylic oxidation sites excluding steroid dienone is 2. The summed E-state index contributed by atoms with van der Waals surface area (Å²) in [4.78, 5) is 10.6. The van der Waals surface area contributed by atoms with Crippen LogP contribution in [0.2, 0.25) is 0 Å². The topological polar surface area (TPSA) is 33.7 Å². The Balaban J connectivity index is 1.84. The number of quaternary nitrogens is 1. The SMILES string of the molecule is CN1OO[N+]2(C)C=CC3=C(C=C12)C1CNCC3C1. The Morgan fingerprint density at radius 3 is 2.94 bits per heavy atom. The van der Waals surface area contributed by atoms with Gasteiger partial charge >= 0.3 is 0 Å². The van der Waals surface area contributed by atoms with E-state index in [4.69, 9.17) is 9.98 Å². The standard InChI is InChI=1S/C13H18N3O2/c1-15-13-6-12-10-5-9(7-14-8-10)11(12)3-4-16(13,2)18-17-15/h3-4,6,9-10,14H,5,7-8H2,1-2H3/q+1. The third-order valence-corrected chi connectivity index (χ3v) is 4.46. The number of piperidine rings is 1. The first-order valence-electron chi connectivity index (χ1n) is 6.50. The highest BCUT2D eigenvalue weighted by Crippen LogP contribution is 2.44. The van der Waals surface area contributed by atoms with Gasteiger partial charge in [0, 0.05) is 31.2 Å². The van der Waals surface area contributed by atoms with Gasteiger partial charge in [-0.1, -0.05) is 9.63 Å². The summed E-state index contributed by atoms with van der Waals surface area (Å²) in [6.45, 7) is 2.18. The van der Waals surface area contributed by atoms with Crippen LogP contribution in [0.25, 0.3) is 0 Å². The highest BCUT2D eigenvalue weighted by atomic mass is 17.4. The van der Waals surface area contributed by atoms with Crippen LogP contribution in [0, 0.1) is 11.8 Å². The summed E-state index contributed by atoms with van der Waals surface area (Å²) in [5.41, 5.74) is 2.93. The van der Waals surface area contributed by atoms with Gasteiger partial charge in [-0.05, 0) is 35.5 Å². The highest BCUT2D eigenvalue weighted by molar-refractivity contribution is 5.43. The molecule has 4 aliphatic rings. The molecule has 0 aromatic heterocycles. The summed E-state index contributed by atoms with van der Waals surface area (Å²) in [6.07, 6.45) is 7.82. The van der Waals surface area contributed by atoms with Crippen molar-refractivity contribution in [2.24, 2.45) is 11.8 Å². The molecule has 2 saturated heterocycles. The smallest absolute Gasteiger partial charge is 0.270 e. The molecule has 0 aromatic carbocycles. The number of hydroxylamine groups is 5. The third-order valence-electron chi connectivity index (χ3n) is 4.46. The fourth-order valence-electron chi connectivity index (χ4n) is 3.48. The van der Waals surface area contributed by atoms with Crippen molar-refractivity contribution in [1.82, 2.24) is 10.4 Å².